The van der Waals surface area contributed by atoms with Gasteiger partial charge < -0.3 is 14.6 Å². The Balaban J connectivity index is 1.55. The standard InChI is InChI=1S/C19H23N3O3S/c1-13(17(23)22-10-8-15(9-11-22)18(24)25-2)26-19-20-12-16(21-19)14-6-4-3-5-7-14/h3-7,12-13,15H,8-11H2,1-2H3,(H,20,21)/t13-/m1/s1. The molecule has 0 spiro atoms. The highest BCUT2D eigenvalue weighted by Crippen LogP contribution is 2.27. The van der Waals surface area contributed by atoms with Crippen molar-refractivity contribution in [2.45, 2.75) is 30.2 Å². The van der Waals surface area contributed by atoms with Crippen LogP contribution in [0.3, 0.4) is 0 Å². The summed E-state index contributed by atoms with van der Waals surface area (Å²) in [5.74, 6) is -0.190. The molecule has 2 aromatic rings. The number of H-pyrrole nitrogens is 1. The van der Waals surface area contributed by atoms with Gasteiger partial charge in [-0.1, -0.05) is 42.1 Å². The van der Waals surface area contributed by atoms with E-state index in [0.29, 0.717) is 25.9 Å². The summed E-state index contributed by atoms with van der Waals surface area (Å²) >= 11 is 1.42. The first-order valence-electron chi connectivity index (χ1n) is 8.72. The molecule has 26 heavy (non-hydrogen) atoms. The predicted octanol–water partition coefficient (Wildman–Crippen LogP) is 2.97. The Morgan fingerprint density at radius 1 is 1.27 bits per heavy atom. The van der Waals surface area contributed by atoms with E-state index in [1.165, 1.54) is 18.9 Å². The summed E-state index contributed by atoms with van der Waals surface area (Å²) in [5, 5.41) is 0.494. The lowest BCUT2D eigenvalue weighted by molar-refractivity contribution is -0.148. The van der Waals surface area contributed by atoms with Crippen LogP contribution in [0.4, 0.5) is 0 Å². The highest BCUT2D eigenvalue weighted by Gasteiger charge is 2.30. The third-order valence-electron chi connectivity index (χ3n) is 4.61. The molecular weight excluding hydrogens is 350 g/mol. The van der Waals surface area contributed by atoms with Gasteiger partial charge in [0.25, 0.3) is 0 Å². The molecule has 1 saturated heterocycles. The summed E-state index contributed by atoms with van der Waals surface area (Å²) in [5.41, 5.74) is 2.00. The van der Waals surface area contributed by atoms with Crippen molar-refractivity contribution in [1.82, 2.24) is 14.9 Å². The van der Waals surface area contributed by atoms with Crippen molar-refractivity contribution in [3.05, 3.63) is 36.5 Å². The van der Waals surface area contributed by atoms with Crippen molar-refractivity contribution in [3.63, 3.8) is 0 Å². The van der Waals surface area contributed by atoms with Gasteiger partial charge in [-0.25, -0.2) is 4.98 Å². The molecule has 7 heteroatoms. The summed E-state index contributed by atoms with van der Waals surface area (Å²) < 4.78 is 4.79. The van der Waals surface area contributed by atoms with Gasteiger partial charge in [0.1, 0.15) is 0 Å². The van der Waals surface area contributed by atoms with E-state index in [1.807, 2.05) is 42.2 Å². The predicted molar refractivity (Wildman–Crippen MR) is 101 cm³/mol. The zero-order valence-corrected chi connectivity index (χ0v) is 15.8. The minimum atomic E-state index is -0.237. The number of thioether (sulfide) groups is 1. The average Bonchev–Trinajstić information content (AvgIpc) is 3.16. The van der Waals surface area contributed by atoms with Crippen molar-refractivity contribution in [2.24, 2.45) is 5.92 Å². The van der Waals surface area contributed by atoms with Gasteiger partial charge in [0.15, 0.2) is 5.16 Å². The number of nitrogens with one attached hydrogen (secondary N) is 1. The van der Waals surface area contributed by atoms with Crippen LogP contribution in [0.15, 0.2) is 41.7 Å². The molecule has 0 unspecified atom stereocenters. The molecule has 1 aliphatic rings. The lowest BCUT2D eigenvalue weighted by Gasteiger charge is -2.32. The van der Waals surface area contributed by atoms with E-state index in [4.69, 9.17) is 4.74 Å². The van der Waals surface area contributed by atoms with Crippen molar-refractivity contribution < 1.29 is 14.3 Å². The molecule has 3 rings (SSSR count). The molecule has 0 aliphatic carbocycles. The molecule has 1 atom stereocenters. The maximum atomic E-state index is 12.7. The van der Waals surface area contributed by atoms with Gasteiger partial charge in [-0.15, -0.1) is 0 Å². The van der Waals surface area contributed by atoms with E-state index < -0.39 is 0 Å². The molecule has 0 bridgehead atoms. The number of nitrogens with zero attached hydrogens (tertiary/aromatic N) is 2. The van der Waals surface area contributed by atoms with Gasteiger partial charge in [-0.05, 0) is 25.3 Å². The number of aromatic amines is 1. The summed E-state index contributed by atoms with van der Waals surface area (Å²) in [6.45, 7) is 3.08. The molecule has 1 N–H and O–H groups in total. The maximum Gasteiger partial charge on any atom is 0.308 e. The van der Waals surface area contributed by atoms with Crippen molar-refractivity contribution >= 4 is 23.6 Å². The van der Waals surface area contributed by atoms with Gasteiger partial charge >= 0.3 is 5.97 Å². The number of amides is 1. The first-order chi connectivity index (χ1) is 12.6. The summed E-state index contributed by atoms with van der Waals surface area (Å²) in [6, 6.07) is 9.96. The van der Waals surface area contributed by atoms with Crippen molar-refractivity contribution in [3.8, 4) is 11.3 Å². The number of ether oxygens (including phenoxy) is 1. The first kappa shape index (κ1) is 18.5. The molecule has 138 valence electrons. The third kappa shape index (κ3) is 4.27. The number of benzene rings is 1. The van der Waals surface area contributed by atoms with E-state index in [-0.39, 0.29) is 23.0 Å². The van der Waals surface area contributed by atoms with Crippen LogP contribution in [-0.2, 0) is 14.3 Å². The zero-order valence-electron chi connectivity index (χ0n) is 15.0. The quantitative estimate of drug-likeness (QED) is 0.644. The van der Waals surface area contributed by atoms with Crippen LogP contribution in [0.2, 0.25) is 0 Å². The molecule has 0 radical (unpaired) electrons. The zero-order chi connectivity index (χ0) is 18.5. The summed E-state index contributed by atoms with van der Waals surface area (Å²) in [6.07, 6.45) is 3.11. The van der Waals surface area contributed by atoms with Gasteiger partial charge in [0.05, 0.1) is 30.2 Å². The fourth-order valence-electron chi connectivity index (χ4n) is 3.10. The van der Waals surface area contributed by atoms with Gasteiger partial charge in [-0.3, -0.25) is 9.59 Å². The Kier molecular flexibility index (Phi) is 5.98. The lowest BCUT2D eigenvalue weighted by atomic mass is 9.97. The second-order valence-corrected chi connectivity index (χ2v) is 7.68. The van der Waals surface area contributed by atoms with Crippen molar-refractivity contribution in [1.29, 1.82) is 0 Å². The van der Waals surface area contributed by atoms with E-state index in [2.05, 4.69) is 9.97 Å². The fraction of sp³-hybridized carbons (Fsp3) is 0.421. The van der Waals surface area contributed by atoms with E-state index in [1.54, 1.807) is 6.20 Å². The van der Waals surface area contributed by atoms with Gasteiger partial charge in [0.2, 0.25) is 5.91 Å². The Labute approximate surface area is 157 Å². The second-order valence-electron chi connectivity index (χ2n) is 6.35. The van der Waals surface area contributed by atoms with E-state index in [9.17, 15) is 9.59 Å². The van der Waals surface area contributed by atoms with Gasteiger partial charge in [-0.2, -0.15) is 0 Å². The lowest BCUT2D eigenvalue weighted by Crippen LogP contribution is -2.43. The van der Waals surface area contributed by atoms with Crippen LogP contribution in [0, 0.1) is 5.92 Å². The van der Waals surface area contributed by atoms with Crippen LogP contribution in [0.25, 0.3) is 11.3 Å². The number of hydrogen-bond acceptors (Lipinski definition) is 5. The summed E-state index contributed by atoms with van der Waals surface area (Å²) in [7, 11) is 1.41. The number of methoxy groups -OCH3 is 1. The molecule has 1 fully saturated rings. The molecule has 2 heterocycles. The first-order valence-corrected chi connectivity index (χ1v) is 9.60. The highest BCUT2D eigenvalue weighted by atomic mass is 32.2. The molecule has 1 aromatic heterocycles. The minimum absolute atomic E-state index is 0.0796. The number of hydrogen-bond donors (Lipinski definition) is 1. The Morgan fingerprint density at radius 3 is 2.62 bits per heavy atom. The third-order valence-corrected chi connectivity index (χ3v) is 5.60. The molecule has 1 aliphatic heterocycles. The van der Waals surface area contributed by atoms with Crippen LogP contribution in [-0.4, -0.2) is 52.2 Å². The Hall–Kier alpha value is -2.28. The molecule has 0 saturated carbocycles. The topological polar surface area (TPSA) is 75.3 Å². The monoisotopic (exact) mass is 373 g/mol. The number of carbonyl (C=O) groups excluding carboxylic acids is 2. The number of imidazole rings is 1. The normalized spacial score (nSPS) is 16.3. The Bertz CT molecular complexity index is 754. The minimum Gasteiger partial charge on any atom is -0.469 e. The summed E-state index contributed by atoms with van der Waals surface area (Å²) in [4.78, 5) is 33.7. The van der Waals surface area contributed by atoms with Crippen LogP contribution in [0.5, 0.6) is 0 Å². The van der Waals surface area contributed by atoms with E-state index in [0.717, 1.165) is 16.4 Å². The molecule has 1 amide bonds. The second kappa shape index (κ2) is 8.40. The molecule has 6 nitrogen and oxygen atoms in total. The highest BCUT2D eigenvalue weighted by molar-refractivity contribution is 8.00. The van der Waals surface area contributed by atoms with Gasteiger partial charge in [0, 0.05) is 13.1 Å². The average molecular weight is 373 g/mol. The number of piperidine rings is 1. The molecule has 1 aromatic carbocycles. The number of aromatic nitrogens is 2. The number of likely N-dealkylation sites (tertiary alicyclic amines) is 1. The largest absolute Gasteiger partial charge is 0.469 e. The van der Waals surface area contributed by atoms with Crippen LogP contribution < -0.4 is 0 Å². The number of esters is 1. The van der Waals surface area contributed by atoms with Crippen molar-refractivity contribution in [2.75, 3.05) is 20.2 Å². The van der Waals surface area contributed by atoms with E-state index >= 15 is 0 Å². The van der Waals surface area contributed by atoms with Crippen LogP contribution in [0.1, 0.15) is 19.8 Å². The number of carbonyl (C=O) groups is 2. The fourth-order valence-corrected chi connectivity index (χ4v) is 3.97. The number of rotatable bonds is 5. The maximum absolute atomic E-state index is 12.7. The Morgan fingerprint density at radius 2 is 1.96 bits per heavy atom. The smallest absolute Gasteiger partial charge is 0.308 e. The SMILES string of the molecule is COC(=O)C1CCN(C(=O)[C@@H](C)Sc2ncc(-c3ccccc3)[nH]2)CC1. The van der Waals surface area contributed by atoms with Crippen LogP contribution >= 0.6 is 11.8 Å². The molecular formula is C19H23N3O3S.